The molecule has 1 unspecified atom stereocenters. The van der Waals surface area contributed by atoms with Crippen LogP contribution in [0.1, 0.15) is 39.2 Å². The summed E-state index contributed by atoms with van der Waals surface area (Å²) in [6.45, 7) is 9.81. The monoisotopic (exact) mass is 370 g/mol. The molecule has 0 radical (unpaired) electrons. The Hall–Kier alpha value is -1.60. The quantitative estimate of drug-likeness (QED) is 0.642. The van der Waals surface area contributed by atoms with Crippen molar-refractivity contribution in [1.82, 2.24) is 10.2 Å². The number of amides is 2. The maximum atomic E-state index is 12.1. The summed E-state index contributed by atoms with van der Waals surface area (Å²) in [7, 11) is -3.70. The fraction of sp³-hybridized carbons (Fsp3) is 0.611. The van der Waals surface area contributed by atoms with Gasteiger partial charge in [0.05, 0.1) is 11.5 Å². The highest BCUT2D eigenvalue weighted by molar-refractivity contribution is 7.86. The summed E-state index contributed by atoms with van der Waals surface area (Å²) >= 11 is 0. The van der Waals surface area contributed by atoms with E-state index in [9.17, 15) is 13.2 Å². The molecule has 142 valence electrons. The van der Waals surface area contributed by atoms with Crippen LogP contribution in [0.2, 0.25) is 0 Å². The highest BCUT2D eigenvalue weighted by atomic mass is 32.2. The maximum absolute atomic E-state index is 12.1. The highest BCUT2D eigenvalue weighted by Gasteiger charge is 2.16. The van der Waals surface area contributed by atoms with Gasteiger partial charge in [0.2, 0.25) is 0 Å². The number of hydrogen-bond acceptors (Lipinski definition) is 4. The Balaban J connectivity index is 2.39. The van der Waals surface area contributed by atoms with Gasteiger partial charge < -0.3 is 10.2 Å². The fourth-order valence-electron chi connectivity index (χ4n) is 2.32. The van der Waals surface area contributed by atoms with E-state index in [1.165, 1.54) is 0 Å². The van der Waals surface area contributed by atoms with Gasteiger partial charge in [0.15, 0.2) is 0 Å². The second-order valence-electron chi connectivity index (χ2n) is 6.19. The third-order valence-electron chi connectivity index (χ3n) is 4.05. The van der Waals surface area contributed by atoms with Crippen molar-refractivity contribution in [3.05, 3.63) is 29.8 Å². The van der Waals surface area contributed by atoms with Gasteiger partial charge in [0, 0.05) is 19.6 Å². The lowest BCUT2D eigenvalue weighted by atomic mass is 10.0. The van der Waals surface area contributed by atoms with Crippen molar-refractivity contribution < 1.29 is 17.4 Å². The molecule has 1 aromatic rings. The number of rotatable bonds is 10. The normalized spacial score (nSPS) is 12.6. The van der Waals surface area contributed by atoms with Gasteiger partial charge >= 0.3 is 6.03 Å². The molecule has 0 bridgehead atoms. The fourth-order valence-corrected chi connectivity index (χ4v) is 3.24. The van der Waals surface area contributed by atoms with E-state index in [4.69, 9.17) is 4.18 Å². The molecule has 2 amide bonds. The first kappa shape index (κ1) is 21.4. The van der Waals surface area contributed by atoms with Crippen molar-refractivity contribution in [2.24, 2.45) is 5.92 Å². The molecule has 0 aliphatic rings. The molecule has 7 heteroatoms. The third-order valence-corrected chi connectivity index (χ3v) is 5.37. The minimum atomic E-state index is -3.70. The van der Waals surface area contributed by atoms with Gasteiger partial charge in [-0.05, 0) is 51.7 Å². The smallest absolute Gasteiger partial charge is 0.317 e. The molecular formula is C18H30N2O4S. The number of aryl methyl sites for hydroxylation is 1. The molecule has 0 aliphatic heterocycles. The summed E-state index contributed by atoms with van der Waals surface area (Å²) in [5, 5.41) is 2.79. The van der Waals surface area contributed by atoms with Crippen molar-refractivity contribution in [2.45, 2.75) is 45.4 Å². The van der Waals surface area contributed by atoms with Crippen LogP contribution in [0.15, 0.2) is 29.2 Å². The lowest BCUT2D eigenvalue weighted by molar-refractivity contribution is 0.195. The molecule has 0 saturated heterocycles. The van der Waals surface area contributed by atoms with Crippen LogP contribution in [0.3, 0.4) is 0 Å². The SMILES string of the molecule is CCNC(=O)N(CC)CCC(C)CCOS(=O)(=O)c1ccc(C)cc1. The minimum Gasteiger partial charge on any atom is -0.338 e. The summed E-state index contributed by atoms with van der Waals surface area (Å²) in [4.78, 5) is 13.8. The second-order valence-corrected chi connectivity index (χ2v) is 7.80. The lowest BCUT2D eigenvalue weighted by Crippen LogP contribution is -2.40. The predicted octanol–water partition coefficient (Wildman–Crippen LogP) is 3.17. The Morgan fingerprint density at radius 2 is 1.84 bits per heavy atom. The Labute approximate surface area is 151 Å². The van der Waals surface area contributed by atoms with Gasteiger partial charge in [-0.15, -0.1) is 0 Å². The van der Waals surface area contributed by atoms with Gasteiger partial charge in [0.25, 0.3) is 10.1 Å². The molecule has 1 aromatic carbocycles. The van der Waals surface area contributed by atoms with Crippen molar-refractivity contribution >= 4 is 16.1 Å². The van der Waals surface area contributed by atoms with E-state index in [-0.39, 0.29) is 23.5 Å². The van der Waals surface area contributed by atoms with E-state index in [0.717, 1.165) is 12.0 Å². The third kappa shape index (κ3) is 7.44. The number of urea groups is 1. The minimum absolute atomic E-state index is 0.0598. The van der Waals surface area contributed by atoms with E-state index >= 15 is 0 Å². The largest absolute Gasteiger partial charge is 0.338 e. The molecule has 0 heterocycles. The van der Waals surface area contributed by atoms with Gasteiger partial charge in [-0.3, -0.25) is 4.18 Å². The maximum Gasteiger partial charge on any atom is 0.317 e. The van der Waals surface area contributed by atoms with Crippen LogP contribution >= 0.6 is 0 Å². The predicted molar refractivity (Wildman–Crippen MR) is 99.0 cm³/mol. The van der Waals surface area contributed by atoms with Crippen LogP contribution in [0.25, 0.3) is 0 Å². The standard InChI is InChI=1S/C18H30N2O4S/c1-5-19-18(21)20(6-2)13-11-16(4)12-14-24-25(22,23)17-9-7-15(3)8-10-17/h7-10,16H,5-6,11-14H2,1-4H3,(H,19,21). The number of carbonyl (C=O) groups excluding carboxylic acids is 1. The zero-order chi connectivity index (χ0) is 18.9. The molecule has 1 rings (SSSR count). The number of nitrogens with zero attached hydrogens (tertiary/aromatic N) is 1. The van der Waals surface area contributed by atoms with Crippen molar-refractivity contribution in [3.63, 3.8) is 0 Å². The lowest BCUT2D eigenvalue weighted by Gasteiger charge is -2.22. The molecular weight excluding hydrogens is 340 g/mol. The molecule has 0 saturated carbocycles. The van der Waals surface area contributed by atoms with E-state index in [1.54, 1.807) is 29.2 Å². The van der Waals surface area contributed by atoms with E-state index in [2.05, 4.69) is 5.32 Å². The van der Waals surface area contributed by atoms with Crippen LogP contribution < -0.4 is 5.32 Å². The summed E-state index contributed by atoms with van der Waals surface area (Å²) in [6, 6.07) is 6.55. The Morgan fingerprint density at radius 3 is 2.40 bits per heavy atom. The molecule has 25 heavy (non-hydrogen) atoms. The van der Waals surface area contributed by atoms with Gasteiger partial charge in [-0.2, -0.15) is 8.42 Å². The molecule has 6 nitrogen and oxygen atoms in total. The van der Waals surface area contributed by atoms with Crippen LogP contribution in [0.4, 0.5) is 4.79 Å². The molecule has 1 N–H and O–H groups in total. The van der Waals surface area contributed by atoms with Crippen LogP contribution in [-0.4, -0.2) is 45.6 Å². The van der Waals surface area contributed by atoms with Crippen molar-refractivity contribution in [2.75, 3.05) is 26.2 Å². The Bertz CT molecular complexity index is 629. The first-order chi connectivity index (χ1) is 11.8. The van der Waals surface area contributed by atoms with Gasteiger partial charge in [0.1, 0.15) is 0 Å². The molecule has 1 atom stereocenters. The van der Waals surface area contributed by atoms with E-state index in [0.29, 0.717) is 26.1 Å². The van der Waals surface area contributed by atoms with Crippen molar-refractivity contribution in [3.8, 4) is 0 Å². The summed E-state index contributed by atoms with van der Waals surface area (Å²) in [6.07, 6.45) is 1.43. The van der Waals surface area contributed by atoms with Crippen molar-refractivity contribution in [1.29, 1.82) is 0 Å². The summed E-state index contributed by atoms with van der Waals surface area (Å²) in [5.74, 6) is 0.261. The van der Waals surface area contributed by atoms with Gasteiger partial charge in [-0.25, -0.2) is 4.79 Å². The first-order valence-corrected chi connectivity index (χ1v) is 10.2. The van der Waals surface area contributed by atoms with Crippen LogP contribution in [-0.2, 0) is 14.3 Å². The topological polar surface area (TPSA) is 75.7 Å². The second kappa shape index (κ2) is 10.4. The number of carbonyl (C=O) groups is 1. The number of hydrogen-bond donors (Lipinski definition) is 1. The number of benzene rings is 1. The number of nitrogens with one attached hydrogen (secondary N) is 1. The summed E-state index contributed by atoms with van der Waals surface area (Å²) < 4.78 is 29.4. The zero-order valence-electron chi connectivity index (χ0n) is 15.6. The van der Waals surface area contributed by atoms with E-state index < -0.39 is 10.1 Å². The summed E-state index contributed by atoms with van der Waals surface area (Å²) in [5.41, 5.74) is 1.00. The van der Waals surface area contributed by atoms with Gasteiger partial charge in [-0.1, -0.05) is 24.6 Å². The molecule has 0 aromatic heterocycles. The Kier molecular flexibility index (Phi) is 8.92. The molecule has 0 fully saturated rings. The van der Waals surface area contributed by atoms with E-state index in [1.807, 2.05) is 27.7 Å². The highest BCUT2D eigenvalue weighted by Crippen LogP contribution is 2.15. The average Bonchev–Trinajstić information content (AvgIpc) is 2.56. The van der Waals surface area contributed by atoms with Crippen LogP contribution in [0.5, 0.6) is 0 Å². The molecule has 0 spiro atoms. The molecule has 0 aliphatic carbocycles. The Morgan fingerprint density at radius 1 is 1.20 bits per heavy atom. The average molecular weight is 371 g/mol. The van der Waals surface area contributed by atoms with Crippen LogP contribution in [0, 0.1) is 12.8 Å². The first-order valence-electron chi connectivity index (χ1n) is 8.79. The zero-order valence-corrected chi connectivity index (χ0v) is 16.4.